The van der Waals surface area contributed by atoms with Crippen molar-refractivity contribution < 1.29 is 19.4 Å². The summed E-state index contributed by atoms with van der Waals surface area (Å²) in [5, 5.41) is 20.5. The maximum Gasteiger partial charge on any atom is 0.301 e. The Morgan fingerprint density at radius 2 is 1.88 bits per heavy atom. The van der Waals surface area contributed by atoms with Crippen LogP contribution in [0.25, 0.3) is 5.76 Å². The number of hydrogen-bond donors (Lipinski definition) is 1. The van der Waals surface area contributed by atoms with Gasteiger partial charge in [-0.3, -0.25) is 14.5 Å². The molecule has 1 saturated heterocycles. The number of hydrogen-bond acceptors (Lipinski definition) is 7. The molecule has 0 aliphatic carbocycles. The topological polar surface area (TPSA) is 92.6 Å². The number of carbonyl (C=O) groups is 2. The molecule has 1 N–H and O–H groups in total. The zero-order chi connectivity index (χ0) is 23.0. The number of amides is 1. The fourth-order valence-electron chi connectivity index (χ4n) is 3.52. The van der Waals surface area contributed by atoms with E-state index in [9.17, 15) is 14.7 Å². The zero-order valence-corrected chi connectivity index (χ0v) is 19.1. The van der Waals surface area contributed by atoms with Crippen LogP contribution in [0.15, 0.2) is 54.1 Å². The summed E-state index contributed by atoms with van der Waals surface area (Å²) >= 11 is 7.38. The first-order valence-corrected chi connectivity index (χ1v) is 11.1. The molecule has 7 nitrogen and oxygen atoms in total. The molecule has 0 radical (unpaired) electrons. The number of aromatic nitrogens is 2. The van der Waals surface area contributed by atoms with Crippen molar-refractivity contribution in [1.29, 1.82) is 0 Å². The Bertz CT molecular complexity index is 1220. The highest BCUT2D eigenvalue weighted by molar-refractivity contribution is 7.15. The third-order valence-electron chi connectivity index (χ3n) is 4.83. The molecule has 1 amide bonds. The highest BCUT2D eigenvalue weighted by Crippen LogP contribution is 2.43. The van der Waals surface area contributed by atoms with E-state index in [4.69, 9.17) is 16.3 Å². The van der Waals surface area contributed by atoms with E-state index in [2.05, 4.69) is 10.2 Å². The first-order valence-electron chi connectivity index (χ1n) is 9.90. The predicted molar refractivity (Wildman–Crippen MR) is 123 cm³/mol. The fraction of sp³-hybridized carbons (Fsp3) is 0.217. The van der Waals surface area contributed by atoms with Gasteiger partial charge >= 0.3 is 5.91 Å². The van der Waals surface area contributed by atoms with Crippen LogP contribution in [0.5, 0.6) is 5.75 Å². The zero-order valence-electron chi connectivity index (χ0n) is 17.6. The van der Waals surface area contributed by atoms with Crippen LogP contribution in [0, 0.1) is 6.92 Å². The normalized spacial score (nSPS) is 17.9. The van der Waals surface area contributed by atoms with Crippen molar-refractivity contribution in [3.05, 3.63) is 75.3 Å². The summed E-state index contributed by atoms with van der Waals surface area (Å²) < 4.78 is 5.64. The highest BCUT2D eigenvalue weighted by atomic mass is 35.5. The van der Waals surface area contributed by atoms with Gasteiger partial charge in [-0.15, -0.1) is 10.2 Å². The van der Waals surface area contributed by atoms with Gasteiger partial charge in [-0.05, 0) is 62.7 Å². The summed E-state index contributed by atoms with van der Waals surface area (Å²) in [5.74, 6) is -1.24. The van der Waals surface area contributed by atoms with E-state index in [-0.39, 0.29) is 22.6 Å². The van der Waals surface area contributed by atoms with Crippen molar-refractivity contribution in [3.8, 4) is 5.75 Å². The number of ether oxygens (including phenoxy) is 1. The second-order valence-electron chi connectivity index (χ2n) is 7.52. The van der Waals surface area contributed by atoms with Gasteiger partial charge in [0, 0.05) is 10.6 Å². The summed E-state index contributed by atoms with van der Waals surface area (Å²) in [4.78, 5) is 27.4. The number of rotatable bonds is 5. The Balaban J connectivity index is 1.86. The van der Waals surface area contributed by atoms with Crippen LogP contribution in [0.1, 0.15) is 36.0 Å². The van der Waals surface area contributed by atoms with Crippen molar-refractivity contribution in [2.24, 2.45) is 0 Å². The third kappa shape index (κ3) is 4.11. The van der Waals surface area contributed by atoms with Crippen LogP contribution in [0.2, 0.25) is 5.02 Å². The van der Waals surface area contributed by atoms with Crippen molar-refractivity contribution in [2.75, 3.05) is 4.90 Å². The predicted octanol–water partition coefficient (Wildman–Crippen LogP) is 4.91. The minimum atomic E-state index is -0.896. The molecule has 0 spiro atoms. The van der Waals surface area contributed by atoms with Crippen LogP contribution in [0.4, 0.5) is 5.13 Å². The first-order chi connectivity index (χ1) is 15.3. The molecule has 0 unspecified atom stereocenters. The molecule has 9 heteroatoms. The maximum absolute atomic E-state index is 13.1. The van der Waals surface area contributed by atoms with Crippen molar-refractivity contribution in [3.63, 3.8) is 0 Å². The summed E-state index contributed by atoms with van der Waals surface area (Å²) in [6.45, 7) is 5.58. The number of benzene rings is 2. The van der Waals surface area contributed by atoms with Gasteiger partial charge in [-0.25, -0.2) is 0 Å². The molecule has 1 aromatic heterocycles. The number of aliphatic hydroxyl groups excluding tert-OH is 1. The molecule has 3 aromatic rings. The standard InChI is InChI=1S/C23H20ClN3O4S/c1-12(2)31-17-9-7-14(8-10-17)20(28)18-19(15-5-4-6-16(24)11-15)27(22(30)21(18)29)23-26-25-13(3)32-23/h4-12,19,28H,1-3H3/t19-/m1/s1. The lowest BCUT2D eigenvalue weighted by Crippen LogP contribution is -2.29. The van der Waals surface area contributed by atoms with Gasteiger partial charge in [0.25, 0.3) is 5.78 Å². The molecule has 0 saturated carbocycles. The number of anilines is 1. The molecule has 2 aromatic carbocycles. The number of aliphatic hydroxyl groups is 1. The van der Waals surface area contributed by atoms with E-state index in [1.165, 1.54) is 16.2 Å². The Hall–Kier alpha value is -3.23. The summed E-state index contributed by atoms with van der Waals surface area (Å²) in [6, 6.07) is 12.6. The number of ketones is 1. The molecule has 0 bridgehead atoms. The third-order valence-corrected chi connectivity index (χ3v) is 5.90. The minimum absolute atomic E-state index is 0.00189. The fourth-order valence-corrected chi connectivity index (χ4v) is 4.44. The van der Waals surface area contributed by atoms with E-state index in [0.29, 0.717) is 26.9 Å². The Morgan fingerprint density at radius 3 is 2.47 bits per heavy atom. The molecule has 164 valence electrons. The smallest absolute Gasteiger partial charge is 0.301 e. The van der Waals surface area contributed by atoms with Gasteiger partial charge in [-0.2, -0.15) is 0 Å². The van der Waals surface area contributed by atoms with Crippen LogP contribution in [-0.4, -0.2) is 33.1 Å². The van der Waals surface area contributed by atoms with E-state index in [1.807, 2.05) is 13.8 Å². The second-order valence-corrected chi connectivity index (χ2v) is 9.12. The molecule has 1 atom stereocenters. The van der Waals surface area contributed by atoms with Gasteiger partial charge in [-0.1, -0.05) is 35.1 Å². The van der Waals surface area contributed by atoms with Gasteiger partial charge < -0.3 is 9.84 Å². The Kier molecular flexibility index (Phi) is 5.99. The summed E-state index contributed by atoms with van der Waals surface area (Å²) in [7, 11) is 0. The quantitative estimate of drug-likeness (QED) is 0.324. The van der Waals surface area contributed by atoms with Gasteiger partial charge in [0.1, 0.15) is 16.5 Å². The lowest BCUT2D eigenvalue weighted by Gasteiger charge is -2.22. The SMILES string of the molecule is Cc1nnc(N2C(=O)C(=O)C(=C(O)c3ccc(OC(C)C)cc3)[C@H]2c2cccc(Cl)c2)s1. The summed E-state index contributed by atoms with van der Waals surface area (Å²) in [5.41, 5.74) is 0.924. The molecule has 2 heterocycles. The highest BCUT2D eigenvalue weighted by Gasteiger charge is 2.48. The van der Waals surface area contributed by atoms with Crippen molar-refractivity contribution >= 4 is 45.5 Å². The van der Waals surface area contributed by atoms with E-state index in [1.54, 1.807) is 55.5 Å². The molecular formula is C23H20ClN3O4S. The van der Waals surface area contributed by atoms with Gasteiger partial charge in [0.15, 0.2) is 0 Å². The van der Waals surface area contributed by atoms with Crippen LogP contribution >= 0.6 is 22.9 Å². The average molecular weight is 470 g/mol. The second kappa shape index (κ2) is 8.72. The largest absolute Gasteiger partial charge is 0.507 e. The van der Waals surface area contributed by atoms with E-state index < -0.39 is 17.7 Å². The Morgan fingerprint density at radius 1 is 1.16 bits per heavy atom. The van der Waals surface area contributed by atoms with Gasteiger partial charge in [0.05, 0.1) is 17.7 Å². The number of carbonyl (C=O) groups excluding carboxylic acids is 2. The summed E-state index contributed by atoms with van der Waals surface area (Å²) in [6.07, 6.45) is -0.00189. The van der Waals surface area contributed by atoms with E-state index >= 15 is 0 Å². The lowest BCUT2D eigenvalue weighted by atomic mass is 9.95. The average Bonchev–Trinajstić information content (AvgIpc) is 3.28. The van der Waals surface area contributed by atoms with E-state index in [0.717, 1.165) is 0 Å². The molecule has 1 aliphatic rings. The Labute approximate surface area is 193 Å². The minimum Gasteiger partial charge on any atom is -0.507 e. The number of Topliss-reactive ketones (excluding diaryl/α,β-unsaturated/α-hetero) is 1. The molecule has 1 aliphatic heterocycles. The number of halogens is 1. The molecular weight excluding hydrogens is 450 g/mol. The number of aryl methyl sites for hydroxylation is 1. The lowest BCUT2D eigenvalue weighted by molar-refractivity contribution is -0.132. The van der Waals surface area contributed by atoms with Gasteiger partial charge in [0.2, 0.25) is 5.13 Å². The number of nitrogens with zero attached hydrogens (tertiary/aromatic N) is 3. The molecule has 32 heavy (non-hydrogen) atoms. The monoisotopic (exact) mass is 469 g/mol. The van der Waals surface area contributed by atoms with Crippen molar-refractivity contribution in [1.82, 2.24) is 10.2 Å². The molecule has 4 rings (SSSR count). The van der Waals surface area contributed by atoms with Crippen molar-refractivity contribution in [2.45, 2.75) is 32.9 Å². The first kappa shape index (κ1) is 22.0. The van der Waals surface area contributed by atoms with Crippen LogP contribution < -0.4 is 9.64 Å². The maximum atomic E-state index is 13.1. The van der Waals surface area contributed by atoms with Crippen LogP contribution in [-0.2, 0) is 9.59 Å². The molecule has 1 fully saturated rings. The van der Waals surface area contributed by atoms with Crippen LogP contribution in [0.3, 0.4) is 0 Å².